The smallest absolute Gasteiger partial charge is 0.238 e. The molecule has 4 rings (SSSR count). The fraction of sp³-hybridized carbons (Fsp3) is 0.419. The number of aromatic hydroxyl groups is 1. The summed E-state index contributed by atoms with van der Waals surface area (Å²) in [5.41, 5.74) is 4.15. The van der Waals surface area contributed by atoms with E-state index < -0.39 is 23.9 Å². The number of benzene rings is 2. The molecule has 2 aromatic carbocycles. The van der Waals surface area contributed by atoms with Crippen molar-refractivity contribution in [2.24, 2.45) is 17.8 Å². The third-order valence-electron chi connectivity index (χ3n) is 7.85. The molecule has 1 aliphatic heterocycles. The van der Waals surface area contributed by atoms with Crippen molar-refractivity contribution in [3.63, 3.8) is 0 Å². The van der Waals surface area contributed by atoms with Crippen molar-refractivity contribution in [2.75, 3.05) is 18.6 Å². The molecule has 0 saturated carbocycles. The molecule has 0 aromatic heterocycles. The molecule has 2 aliphatic rings. The Labute approximate surface area is 243 Å². The second kappa shape index (κ2) is 12.7. The molecule has 1 heterocycles. The zero-order valence-electron chi connectivity index (χ0n) is 22.6. The monoisotopic (exact) mass is 645 g/mol. The lowest BCUT2D eigenvalue weighted by atomic mass is 9.68. The number of anilines is 1. The average Bonchev–Trinajstić information content (AvgIpc) is 3.17. The van der Waals surface area contributed by atoms with Gasteiger partial charge >= 0.3 is 0 Å². The minimum Gasteiger partial charge on any atom is -0.504 e. The topological polar surface area (TPSA) is 107 Å². The largest absolute Gasteiger partial charge is 0.504 e. The number of fused-ring (bicyclic) bond motifs is 1. The first-order chi connectivity index (χ1) is 18.7. The van der Waals surface area contributed by atoms with E-state index in [1.165, 1.54) is 12.0 Å². The third kappa shape index (κ3) is 5.93. The summed E-state index contributed by atoms with van der Waals surface area (Å²) in [7, 11) is 1.52. The number of hydrogen-bond donors (Lipinski definition) is 3. The molecule has 4 atom stereocenters. The van der Waals surface area contributed by atoms with Gasteiger partial charge in [0.15, 0.2) is 11.5 Å². The lowest BCUT2D eigenvalue weighted by Crippen LogP contribution is -2.38. The number of amides is 2. The number of phenols is 1. The number of carbonyl (C=O) groups is 2. The van der Waals surface area contributed by atoms with Gasteiger partial charge in [-0.25, -0.2) is 0 Å². The van der Waals surface area contributed by atoms with Crippen LogP contribution in [0.5, 0.6) is 11.5 Å². The SMILES string of the molecule is CCC/C(=C\c1cc(I)c(O)c(OC)c1)CC[C@@H](O)C1=C(C)C[C@H]2C(=O)N(c3ccccc3)C(=O)[C@H]2[C@H]1CO. The summed E-state index contributed by atoms with van der Waals surface area (Å²) in [6.45, 7) is 3.69. The zero-order chi connectivity index (χ0) is 28.3. The first kappa shape index (κ1) is 29.3. The Morgan fingerprint density at radius 1 is 1.18 bits per heavy atom. The molecule has 3 N–H and O–H groups in total. The number of methoxy groups -OCH3 is 1. The molecule has 2 aromatic rings. The van der Waals surface area contributed by atoms with Gasteiger partial charge in [0.1, 0.15) is 0 Å². The second-order valence-corrected chi connectivity index (χ2v) is 11.5. The number of nitrogens with zero attached hydrogens (tertiary/aromatic N) is 1. The van der Waals surface area contributed by atoms with Gasteiger partial charge in [0.2, 0.25) is 11.8 Å². The molecular weight excluding hydrogens is 609 g/mol. The van der Waals surface area contributed by atoms with Crippen molar-refractivity contribution in [1.82, 2.24) is 0 Å². The third-order valence-corrected chi connectivity index (χ3v) is 8.67. The highest BCUT2D eigenvalue weighted by Gasteiger charge is 2.54. The van der Waals surface area contributed by atoms with E-state index in [1.807, 2.05) is 19.1 Å². The Morgan fingerprint density at radius 3 is 2.54 bits per heavy atom. The Morgan fingerprint density at radius 2 is 1.90 bits per heavy atom. The second-order valence-electron chi connectivity index (χ2n) is 10.4. The van der Waals surface area contributed by atoms with Crippen LogP contribution in [0, 0.1) is 21.3 Å². The number of rotatable bonds is 10. The van der Waals surface area contributed by atoms with Crippen molar-refractivity contribution >= 4 is 46.2 Å². The predicted octanol–water partition coefficient (Wildman–Crippen LogP) is 5.46. The van der Waals surface area contributed by atoms with E-state index in [4.69, 9.17) is 4.74 Å². The minimum atomic E-state index is -0.841. The van der Waals surface area contributed by atoms with Gasteiger partial charge in [0, 0.05) is 5.92 Å². The number of allylic oxidation sites excluding steroid dienone is 2. The summed E-state index contributed by atoms with van der Waals surface area (Å²) in [5, 5.41) is 32.0. The number of aliphatic hydroxyl groups is 2. The molecule has 0 spiro atoms. The van der Waals surface area contributed by atoms with E-state index in [1.54, 1.807) is 30.3 Å². The Kier molecular flexibility index (Phi) is 9.51. The number of halogens is 1. The van der Waals surface area contributed by atoms with Gasteiger partial charge in [-0.15, -0.1) is 0 Å². The Balaban J connectivity index is 1.55. The fourth-order valence-electron chi connectivity index (χ4n) is 6.09. The Bertz CT molecular complexity index is 1290. The molecule has 0 bridgehead atoms. The maximum atomic E-state index is 13.5. The van der Waals surface area contributed by atoms with E-state index in [-0.39, 0.29) is 24.2 Å². The van der Waals surface area contributed by atoms with Crippen LogP contribution in [0.25, 0.3) is 6.08 Å². The average molecular weight is 646 g/mol. The van der Waals surface area contributed by atoms with Crippen LogP contribution in [-0.4, -0.2) is 47.0 Å². The van der Waals surface area contributed by atoms with Crippen molar-refractivity contribution < 1.29 is 29.6 Å². The number of hydrogen-bond acceptors (Lipinski definition) is 6. The lowest BCUT2D eigenvalue weighted by Gasteiger charge is -2.35. The molecule has 208 valence electrons. The maximum Gasteiger partial charge on any atom is 0.238 e. The van der Waals surface area contributed by atoms with Crippen LogP contribution in [0.4, 0.5) is 5.69 Å². The number of phenolic OH excluding ortho intramolecular Hbond substituents is 1. The summed E-state index contributed by atoms with van der Waals surface area (Å²) in [5.74, 6) is -1.86. The standard InChI is InChI=1S/C31H36INO6/c1-4-8-19(14-20-15-24(32)29(36)26(16-20)39-3)11-12-25(35)27-18(2)13-22-28(23(27)17-34)31(38)33(30(22)37)21-9-6-5-7-10-21/h5-7,9-10,14-16,22-23,25,28,34-36H,4,8,11-13,17H2,1-3H3/b19-14+/t22-,23+,25-,28-/m1/s1. The number of carbonyl (C=O) groups excluding carboxylic acids is 2. The molecule has 1 fully saturated rings. The minimum absolute atomic E-state index is 0.113. The van der Waals surface area contributed by atoms with Crippen LogP contribution < -0.4 is 9.64 Å². The number of aliphatic hydroxyl groups excluding tert-OH is 2. The summed E-state index contributed by atoms with van der Waals surface area (Å²) in [6, 6.07) is 12.6. The molecule has 1 saturated heterocycles. The van der Waals surface area contributed by atoms with Crippen LogP contribution in [0.15, 0.2) is 59.2 Å². The highest BCUT2D eigenvalue weighted by atomic mass is 127. The lowest BCUT2D eigenvalue weighted by molar-refractivity contribution is -0.123. The van der Waals surface area contributed by atoms with Crippen LogP contribution in [0.2, 0.25) is 0 Å². The first-order valence-corrected chi connectivity index (χ1v) is 14.5. The summed E-state index contributed by atoms with van der Waals surface area (Å²) in [6.07, 6.45) is 4.46. The summed E-state index contributed by atoms with van der Waals surface area (Å²) in [4.78, 5) is 28.0. The molecule has 0 unspecified atom stereocenters. The maximum absolute atomic E-state index is 13.5. The van der Waals surface area contributed by atoms with Gasteiger partial charge in [-0.2, -0.15) is 0 Å². The quantitative estimate of drug-likeness (QED) is 0.180. The van der Waals surface area contributed by atoms with Crippen molar-refractivity contribution in [3.8, 4) is 11.5 Å². The van der Waals surface area contributed by atoms with Crippen molar-refractivity contribution in [1.29, 1.82) is 0 Å². The van der Waals surface area contributed by atoms with Gasteiger partial charge in [0.05, 0.1) is 40.9 Å². The van der Waals surface area contributed by atoms with Crippen LogP contribution in [0.1, 0.15) is 51.5 Å². The van der Waals surface area contributed by atoms with Crippen LogP contribution >= 0.6 is 22.6 Å². The molecule has 8 heteroatoms. The van der Waals surface area contributed by atoms with E-state index in [0.29, 0.717) is 39.8 Å². The highest BCUT2D eigenvalue weighted by Crippen LogP contribution is 2.47. The van der Waals surface area contributed by atoms with Gasteiger partial charge in [-0.3, -0.25) is 14.5 Å². The summed E-state index contributed by atoms with van der Waals surface area (Å²) < 4.78 is 5.99. The van der Waals surface area contributed by atoms with Crippen molar-refractivity contribution in [3.05, 3.63) is 68.3 Å². The molecule has 2 amide bonds. The van der Waals surface area contributed by atoms with Gasteiger partial charge < -0.3 is 20.1 Å². The van der Waals surface area contributed by atoms with Crippen LogP contribution in [-0.2, 0) is 9.59 Å². The molecular formula is C31H36INO6. The highest BCUT2D eigenvalue weighted by molar-refractivity contribution is 14.1. The van der Waals surface area contributed by atoms with Gasteiger partial charge in [0.25, 0.3) is 0 Å². The van der Waals surface area contributed by atoms with E-state index in [0.717, 1.165) is 29.6 Å². The molecule has 1 aliphatic carbocycles. The Hall–Kier alpha value is -2.69. The van der Waals surface area contributed by atoms with E-state index in [9.17, 15) is 24.9 Å². The zero-order valence-corrected chi connectivity index (χ0v) is 24.7. The molecule has 39 heavy (non-hydrogen) atoms. The molecule has 7 nitrogen and oxygen atoms in total. The fourth-order valence-corrected chi connectivity index (χ4v) is 6.71. The van der Waals surface area contributed by atoms with Crippen molar-refractivity contribution in [2.45, 2.75) is 52.1 Å². The number of imide groups is 1. The van der Waals surface area contributed by atoms with Gasteiger partial charge in [-0.05, 0) is 90.6 Å². The predicted molar refractivity (Wildman–Crippen MR) is 159 cm³/mol. The summed E-state index contributed by atoms with van der Waals surface area (Å²) >= 11 is 2.07. The first-order valence-electron chi connectivity index (χ1n) is 13.4. The van der Waals surface area contributed by atoms with E-state index in [2.05, 4.69) is 35.6 Å². The van der Waals surface area contributed by atoms with E-state index >= 15 is 0 Å². The number of para-hydroxylation sites is 1. The number of ether oxygens (including phenoxy) is 1. The normalized spacial score (nSPS) is 22.4. The molecule has 0 radical (unpaired) electrons. The van der Waals surface area contributed by atoms with Crippen LogP contribution in [0.3, 0.4) is 0 Å². The van der Waals surface area contributed by atoms with Gasteiger partial charge in [-0.1, -0.05) is 48.8 Å².